The van der Waals surface area contributed by atoms with Crippen LogP contribution in [0.25, 0.3) is 0 Å². The minimum Gasteiger partial charge on any atom is -0.352 e. The number of amides is 3. The van der Waals surface area contributed by atoms with Crippen LogP contribution in [-0.4, -0.2) is 18.5 Å². The first kappa shape index (κ1) is 17.0. The largest absolute Gasteiger partial charge is 0.352 e. The summed E-state index contributed by atoms with van der Waals surface area (Å²) in [6.07, 6.45) is 2.21. The molecule has 5 nitrogen and oxygen atoms in total. The highest BCUT2D eigenvalue weighted by atomic mass is 16.2. The molecule has 2 aromatic carbocycles. The van der Waals surface area contributed by atoms with Crippen molar-refractivity contribution in [2.45, 2.75) is 31.7 Å². The van der Waals surface area contributed by atoms with Gasteiger partial charge in [0.25, 0.3) is 5.91 Å². The van der Waals surface area contributed by atoms with Gasteiger partial charge in [-0.05, 0) is 48.6 Å². The number of hydrogen-bond donors (Lipinski definition) is 3. The summed E-state index contributed by atoms with van der Waals surface area (Å²) in [5, 5.41) is 5.59. The van der Waals surface area contributed by atoms with E-state index in [0.717, 1.165) is 18.4 Å². The molecule has 4 N–H and O–H groups in total. The Hall–Kier alpha value is -2.82. The Labute approximate surface area is 147 Å². The first-order valence-corrected chi connectivity index (χ1v) is 8.47. The Kier molecular flexibility index (Phi) is 4.74. The topological polar surface area (TPSA) is 84.2 Å². The van der Waals surface area contributed by atoms with Crippen LogP contribution < -0.4 is 16.4 Å². The van der Waals surface area contributed by atoms with Crippen LogP contribution in [0.1, 0.15) is 39.9 Å². The van der Waals surface area contributed by atoms with Gasteiger partial charge in [0.15, 0.2) is 0 Å². The van der Waals surface area contributed by atoms with Gasteiger partial charge < -0.3 is 16.4 Å². The summed E-state index contributed by atoms with van der Waals surface area (Å²) < 4.78 is 0. The number of hydrogen-bond acceptors (Lipinski definition) is 2. The third-order valence-electron chi connectivity index (χ3n) is 4.84. The van der Waals surface area contributed by atoms with Crippen molar-refractivity contribution in [3.63, 3.8) is 0 Å². The second kappa shape index (κ2) is 6.97. The highest BCUT2D eigenvalue weighted by Crippen LogP contribution is 2.48. The third-order valence-corrected chi connectivity index (χ3v) is 4.84. The zero-order valence-corrected chi connectivity index (χ0v) is 14.3. The first-order valence-electron chi connectivity index (χ1n) is 8.47. The molecule has 130 valence electrons. The van der Waals surface area contributed by atoms with Gasteiger partial charge in [0.1, 0.15) is 0 Å². The summed E-state index contributed by atoms with van der Waals surface area (Å²) in [6, 6.07) is 15.0. The minimum absolute atomic E-state index is 0.0748. The quantitative estimate of drug-likeness (QED) is 0.757. The van der Waals surface area contributed by atoms with E-state index in [1.54, 1.807) is 12.1 Å². The molecule has 2 aromatic rings. The second-order valence-electron chi connectivity index (χ2n) is 6.69. The maximum absolute atomic E-state index is 12.4. The highest BCUT2D eigenvalue weighted by molar-refractivity contribution is 5.94. The van der Waals surface area contributed by atoms with E-state index >= 15 is 0 Å². The van der Waals surface area contributed by atoms with Gasteiger partial charge in [-0.1, -0.05) is 36.4 Å². The van der Waals surface area contributed by atoms with E-state index in [1.165, 1.54) is 11.1 Å². The average Bonchev–Trinajstić information content (AvgIpc) is 3.40. The molecule has 1 fully saturated rings. The van der Waals surface area contributed by atoms with Crippen LogP contribution in [-0.2, 0) is 12.0 Å². The molecule has 0 atom stereocenters. The Morgan fingerprint density at radius 3 is 2.32 bits per heavy atom. The lowest BCUT2D eigenvalue weighted by Gasteiger charge is -2.19. The number of nitrogens with one attached hydrogen (secondary N) is 2. The third kappa shape index (κ3) is 3.99. The number of carbonyl (C=O) groups is 2. The van der Waals surface area contributed by atoms with Gasteiger partial charge in [-0.15, -0.1) is 0 Å². The zero-order valence-electron chi connectivity index (χ0n) is 14.3. The number of nitrogens with two attached hydrogens (primary N) is 1. The van der Waals surface area contributed by atoms with E-state index < -0.39 is 6.03 Å². The van der Waals surface area contributed by atoms with E-state index in [9.17, 15) is 9.59 Å². The number of benzene rings is 2. The molecule has 3 amide bonds. The molecule has 0 radical (unpaired) electrons. The molecular formula is C20H23N3O2. The van der Waals surface area contributed by atoms with Gasteiger partial charge in [0.2, 0.25) is 0 Å². The fourth-order valence-electron chi connectivity index (χ4n) is 3.17. The summed E-state index contributed by atoms with van der Waals surface area (Å²) in [4.78, 5) is 23.1. The van der Waals surface area contributed by atoms with E-state index in [-0.39, 0.29) is 11.3 Å². The van der Waals surface area contributed by atoms with Crippen molar-refractivity contribution < 1.29 is 9.59 Å². The molecule has 0 aliphatic heterocycles. The molecular weight excluding hydrogens is 314 g/mol. The lowest BCUT2D eigenvalue weighted by Crippen LogP contribution is -2.32. The van der Waals surface area contributed by atoms with Gasteiger partial charge >= 0.3 is 6.03 Å². The number of carbonyl (C=O) groups excluding carboxylic acids is 2. The molecule has 1 saturated carbocycles. The van der Waals surface area contributed by atoms with Gasteiger partial charge in [0.05, 0.1) is 0 Å². The second-order valence-corrected chi connectivity index (χ2v) is 6.69. The van der Waals surface area contributed by atoms with Crippen molar-refractivity contribution in [3.8, 4) is 0 Å². The van der Waals surface area contributed by atoms with E-state index in [0.29, 0.717) is 18.7 Å². The van der Waals surface area contributed by atoms with Gasteiger partial charge in [0, 0.05) is 24.1 Å². The first-order chi connectivity index (χ1) is 12.0. The molecule has 0 aromatic heterocycles. The summed E-state index contributed by atoms with van der Waals surface area (Å²) in [5.41, 5.74) is 9.26. The molecule has 25 heavy (non-hydrogen) atoms. The van der Waals surface area contributed by atoms with Gasteiger partial charge in [-0.2, -0.15) is 0 Å². The van der Waals surface area contributed by atoms with E-state index in [4.69, 9.17) is 5.73 Å². The standard InChI is InChI=1S/C20H23N3O2/c1-14-4-2-3-5-17(14)20(10-11-20)13-23-18(24)16-8-6-15(7-9-16)12-22-19(21)25/h2-9H,10-13H2,1H3,(H,23,24)(H3,21,22,25). The molecule has 1 aliphatic carbocycles. The van der Waals surface area contributed by atoms with E-state index in [1.807, 2.05) is 18.2 Å². The molecule has 0 unspecified atom stereocenters. The molecule has 1 aliphatic rings. The van der Waals surface area contributed by atoms with Crippen LogP contribution in [0.5, 0.6) is 0 Å². The Morgan fingerprint density at radius 1 is 1.04 bits per heavy atom. The van der Waals surface area contributed by atoms with Crippen LogP contribution >= 0.6 is 0 Å². The lowest BCUT2D eigenvalue weighted by molar-refractivity contribution is 0.0949. The predicted molar refractivity (Wildman–Crippen MR) is 97.3 cm³/mol. The smallest absolute Gasteiger partial charge is 0.312 e. The fraction of sp³-hybridized carbons (Fsp3) is 0.300. The molecule has 0 spiro atoms. The lowest BCUT2D eigenvalue weighted by atomic mass is 9.92. The predicted octanol–water partition coefficient (Wildman–Crippen LogP) is 2.62. The zero-order chi connectivity index (χ0) is 17.9. The maximum Gasteiger partial charge on any atom is 0.312 e. The minimum atomic E-state index is -0.562. The van der Waals surface area contributed by atoms with Crippen molar-refractivity contribution >= 4 is 11.9 Å². The van der Waals surface area contributed by atoms with Crippen molar-refractivity contribution in [3.05, 3.63) is 70.8 Å². The van der Waals surface area contributed by atoms with Crippen LogP contribution in [0.3, 0.4) is 0 Å². The van der Waals surface area contributed by atoms with Crippen molar-refractivity contribution in [1.29, 1.82) is 0 Å². The van der Waals surface area contributed by atoms with Crippen molar-refractivity contribution in [2.75, 3.05) is 6.54 Å². The van der Waals surface area contributed by atoms with Gasteiger partial charge in [-0.25, -0.2) is 4.79 Å². The number of rotatable bonds is 6. The Morgan fingerprint density at radius 2 is 1.72 bits per heavy atom. The molecule has 0 saturated heterocycles. The molecule has 3 rings (SSSR count). The van der Waals surface area contributed by atoms with Crippen molar-refractivity contribution in [1.82, 2.24) is 10.6 Å². The van der Waals surface area contributed by atoms with Gasteiger partial charge in [-0.3, -0.25) is 4.79 Å². The van der Waals surface area contributed by atoms with E-state index in [2.05, 4.69) is 35.8 Å². The summed E-state index contributed by atoms with van der Waals surface area (Å²) in [7, 11) is 0. The SMILES string of the molecule is Cc1ccccc1C1(CNC(=O)c2ccc(CNC(N)=O)cc2)CC1. The average molecular weight is 337 g/mol. The molecule has 5 heteroatoms. The Balaban J connectivity index is 1.59. The van der Waals surface area contributed by atoms with Crippen LogP contribution in [0.15, 0.2) is 48.5 Å². The fourth-order valence-corrected chi connectivity index (χ4v) is 3.17. The molecule has 0 bridgehead atoms. The summed E-state index contributed by atoms with van der Waals surface area (Å²) in [6.45, 7) is 3.13. The monoisotopic (exact) mass is 337 g/mol. The summed E-state index contributed by atoms with van der Waals surface area (Å²) in [5.74, 6) is -0.0748. The van der Waals surface area contributed by atoms with Crippen LogP contribution in [0.2, 0.25) is 0 Å². The Bertz CT molecular complexity index is 780. The summed E-state index contributed by atoms with van der Waals surface area (Å²) >= 11 is 0. The van der Waals surface area contributed by atoms with Crippen LogP contribution in [0, 0.1) is 6.92 Å². The molecule has 0 heterocycles. The normalized spacial score (nSPS) is 14.6. The maximum atomic E-state index is 12.4. The van der Waals surface area contributed by atoms with Crippen molar-refractivity contribution in [2.24, 2.45) is 5.73 Å². The number of aryl methyl sites for hydroxylation is 1. The van der Waals surface area contributed by atoms with Crippen LogP contribution in [0.4, 0.5) is 4.79 Å². The highest BCUT2D eigenvalue weighted by Gasteiger charge is 2.45. The number of primary amides is 1. The number of urea groups is 1.